The zero-order valence-electron chi connectivity index (χ0n) is 14.6. The van der Waals surface area contributed by atoms with E-state index in [4.69, 9.17) is 4.74 Å². The van der Waals surface area contributed by atoms with Crippen molar-refractivity contribution in [3.05, 3.63) is 39.5 Å². The largest absolute Gasteiger partial charge is 0.490 e. The minimum atomic E-state index is 0.325. The van der Waals surface area contributed by atoms with E-state index < -0.39 is 0 Å². The standard InChI is InChI=1S/C21H25IO2/c1-21(2,3)16-6-8-17(9-7-16)24-18-11-15-5-4-14(13-23)10-19(15)20(22)12-18/h4-5,10-13,16-17H,6-9H2,1-3H3. The highest BCUT2D eigenvalue weighted by molar-refractivity contribution is 14.1. The molecule has 2 nitrogen and oxygen atoms in total. The molecule has 2 aromatic rings. The van der Waals surface area contributed by atoms with Gasteiger partial charge in [0, 0.05) is 9.13 Å². The number of rotatable bonds is 3. The number of aldehydes is 1. The minimum Gasteiger partial charge on any atom is -0.490 e. The van der Waals surface area contributed by atoms with E-state index in [0.717, 1.165) is 50.7 Å². The van der Waals surface area contributed by atoms with E-state index in [9.17, 15) is 4.79 Å². The van der Waals surface area contributed by atoms with Gasteiger partial charge in [-0.25, -0.2) is 0 Å². The second-order valence-corrected chi connectivity index (χ2v) is 9.12. The van der Waals surface area contributed by atoms with Crippen molar-refractivity contribution < 1.29 is 9.53 Å². The fourth-order valence-electron chi connectivity index (χ4n) is 3.68. The molecule has 2 aromatic carbocycles. The molecule has 128 valence electrons. The molecule has 0 saturated heterocycles. The fraction of sp³-hybridized carbons (Fsp3) is 0.476. The summed E-state index contributed by atoms with van der Waals surface area (Å²) in [7, 11) is 0. The van der Waals surface area contributed by atoms with E-state index in [2.05, 4.69) is 55.5 Å². The van der Waals surface area contributed by atoms with Gasteiger partial charge in [0.05, 0.1) is 6.10 Å². The molecule has 0 atom stereocenters. The lowest BCUT2D eigenvalue weighted by Crippen LogP contribution is -2.30. The van der Waals surface area contributed by atoms with Gasteiger partial charge in [-0.2, -0.15) is 0 Å². The number of carbonyl (C=O) groups is 1. The third kappa shape index (κ3) is 3.93. The SMILES string of the molecule is CC(C)(C)C1CCC(Oc2cc(I)c3cc(C=O)ccc3c2)CC1. The smallest absolute Gasteiger partial charge is 0.150 e. The maximum atomic E-state index is 11.0. The Kier molecular flexibility index (Phi) is 5.19. The molecular weight excluding hydrogens is 411 g/mol. The van der Waals surface area contributed by atoms with Crippen molar-refractivity contribution in [2.45, 2.75) is 52.6 Å². The summed E-state index contributed by atoms with van der Waals surface area (Å²) in [6.07, 6.45) is 6.00. The van der Waals surface area contributed by atoms with E-state index in [1.165, 1.54) is 12.8 Å². The molecule has 24 heavy (non-hydrogen) atoms. The molecule has 0 bridgehead atoms. The van der Waals surface area contributed by atoms with Gasteiger partial charge in [0.2, 0.25) is 0 Å². The molecule has 1 fully saturated rings. The van der Waals surface area contributed by atoms with Crippen LogP contribution in [0.2, 0.25) is 0 Å². The van der Waals surface area contributed by atoms with Gasteiger partial charge in [0.15, 0.2) is 0 Å². The number of carbonyl (C=O) groups excluding carboxylic acids is 1. The Labute approximate surface area is 158 Å². The lowest BCUT2D eigenvalue weighted by molar-refractivity contribution is 0.0883. The van der Waals surface area contributed by atoms with Crippen LogP contribution in [-0.4, -0.2) is 12.4 Å². The van der Waals surface area contributed by atoms with E-state index in [0.29, 0.717) is 11.5 Å². The third-order valence-corrected chi connectivity index (χ3v) is 6.13. The second kappa shape index (κ2) is 7.03. The second-order valence-electron chi connectivity index (χ2n) is 7.96. The van der Waals surface area contributed by atoms with Crippen LogP contribution in [0.1, 0.15) is 56.8 Å². The minimum absolute atomic E-state index is 0.325. The molecule has 1 saturated carbocycles. The predicted molar refractivity (Wildman–Crippen MR) is 108 cm³/mol. The van der Waals surface area contributed by atoms with Crippen LogP contribution in [0, 0.1) is 14.9 Å². The third-order valence-electron chi connectivity index (χ3n) is 5.24. The quantitative estimate of drug-likeness (QED) is 0.421. The van der Waals surface area contributed by atoms with Crippen LogP contribution < -0.4 is 4.74 Å². The lowest BCUT2D eigenvalue weighted by Gasteiger charge is -2.37. The zero-order valence-corrected chi connectivity index (χ0v) is 16.8. The van der Waals surface area contributed by atoms with Gasteiger partial charge in [-0.1, -0.05) is 32.9 Å². The molecule has 0 unspecified atom stereocenters. The molecule has 0 amide bonds. The monoisotopic (exact) mass is 436 g/mol. The first-order chi connectivity index (χ1) is 11.4. The average Bonchev–Trinajstić information content (AvgIpc) is 2.54. The van der Waals surface area contributed by atoms with Crippen LogP contribution in [0.3, 0.4) is 0 Å². The van der Waals surface area contributed by atoms with Gasteiger partial charge >= 0.3 is 0 Å². The van der Waals surface area contributed by atoms with Gasteiger partial charge in [-0.15, -0.1) is 0 Å². The Morgan fingerprint density at radius 2 is 1.79 bits per heavy atom. The summed E-state index contributed by atoms with van der Waals surface area (Å²) in [6.45, 7) is 7.04. The first-order valence-electron chi connectivity index (χ1n) is 8.72. The summed E-state index contributed by atoms with van der Waals surface area (Å²) >= 11 is 2.33. The Balaban J connectivity index is 1.73. The summed E-state index contributed by atoms with van der Waals surface area (Å²) < 4.78 is 7.42. The molecule has 0 radical (unpaired) electrons. The molecule has 0 spiro atoms. The number of ether oxygens (including phenoxy) is 1. The summed E-state index contributed by atoms with van der Waals surface area (Å²) in [5, 5.41) is 2.25. The van der Waals surface area contributed by atoms with Gasteiger partial charge in [-0.05, 0) is 88.6 Å². The van der Waals surface area contributed by atoms with Crippen molar-refractivity contribution in [2.24, 2.45) is 11.3 Å². The van der Waals surface area contributed by atoms with Crippen LogP contribution >= 0.6 is 22.6 Å². The Morgan fingerprint density at radius 1 is 1.08 bits per heavy atom. The highest BCUT2D eigenvalue weighted by atomic mass is 127. The first-order valence-corrected chi connectivity index (χ1v) is 9.80. The molecular formula is C21H25IO2. The molecule has 1 aliphatic carbocycles. The highest BCUT2D eigenvalue weighted by Gasteiger charge is 2.30. The van der Waals surface area contributed by atoms with Gasteiger partial charge in [0.1, 0.15) is 12.0 Å². The van der Waals surface area contributed by atoms with Gasteiger partial charge < -0.3 is 4.74 Å². The van der Waals surface area contributed by atoms with Gasteiger partial charge in [-0.3, -0.25) is 4.79 Å². The van der Waals surface area contributed by atoms with Crippen molar-refractivity contribution in [1.29, 1.82) is 0 Å². The molecule has 0 aliphatic heterocycles. The Bertz CT molecular complexity index is 737. The Hall–Kier alpha value is -1.10. The maximum absolute atomic E-state index is 11.0. The summed E-state index contributed by atoms with van der Waals surface area (Å²) in [5.74, 6) is 1.75. The van der Waals surface area contributed by atoms with Crippen LogP contribution in [0.25, 0.3) is 10.8 Å². The summed E-state index contributed by atoms with van der Waals surface area (Å²) in [4.78, 5) is 11.0. The van der Waals surface area contributed by atoms with E-state index in [1.54, 1.807) is 0 Å². The normalized spacial score (nSPS) is 21.7. The fourth-order valence-corrected chi connectivity index (χ4v) is 4.46. The van der Waals surface area contributed by atoms with Crippen LogP contribution in [0.5, 0.6) is 5.75 Å². The topological polar surface area (TPSA) is 26.3 Å². The van der Waals surface area contributed by atoms with Crippen molar-refractivity contribution >= 4 is 39.6 Å². The van der Waals surface area contributed by atoms with Crippen LogP contribution in [0.4, 0.5) is 0 Å². The van der Waals surface area contributed by atoms with Crippen LogP contribution in [-0.2, 0) is 0 Å². The number of hydrogen-bond donors (Lipinski definition) is 0. The van der Waals surface area contributed by atoms with Crippen LogP contribution in [0.15, 0.2) is 30.3 Å². The molecule has 1 aliphatic rings. The molecule has 3 heteroatoms. The first kappa shape index (κ1) is 17.7. The van der Waals surface area contributed by atoms with Gasteiger partial charge in [0.25, 0.3) is 0 Å². The van der Waals surface area contributed by atoms with Crippen molar-refractivity contribution in [1.82, 2.24) is 0 Å². The zero-order chi connectivity index (χ0) is 17.3. The van der Waals surface area contributed by atoms with E-state index >= 15 is 0 Å². The Morgan fingerprint density at radius 3 is 2.42 bits per heavy atom. The number of halogens is 1. The molecule has 0 heterocycles. The maximum Gasteiger partial charge on any atom is 0.150 e. The van der Waals surface area contributed by atoms with Crippen molar-refractivity contribution in [3.63, 3.8) is 0 Å². The molecule has 0 N–H and O–H groups in total. The number of fused-ring (bicyclic) bond motifs is 1. The van der Waals surface area contributed by atoms with Crippen molar-refractivity contribution in [3.8, 4) is 5.75 Å². The predicted octanol–water partition coefficient (Wildman–Crippen LogP) is 6.24. The summed E-state index contributed by atoms with van der Waals surface area (Å²) in [6, 6.07) is 10.0. The molecule has 3 rings (SSSR count). The summed E-state index contributed by atoms with van der Waals surface area (Å²) in [5.41, 5.74) is 1.12. The van der Waals surface area contributed by atoms with Crippen molar-refractivity contribution in [2.75, 3.05) is 0 Å². The van der Waals surface area contributed by atoms with E-state index in [1.807, 2.05) is 18.2 Å². The van der Waals surface area contributed by atoms with E-state index in [-0.39, 0.29) is 0 Å². The number of hydrogen-bond acceptors (Lipinski definition) is 2. The number of benzene rings is 2. The lowest BCUT2D eigenvalue weighted by atomic mass is 9.72. The average molecular weight is 436 g/mol. The highest BCUT2D eigenvalue weighted by Crippen LogP contribution is 2.39. The molecule has 0 aromatic heterocycles.